The Bertz CT molecular complexity index is 560. The summed E-state index contributed by atoms with van der Waals surface area (Å²) in [5, 5.41) is 3.46. The number of nitrogens with one attached hydrogen (secondary N) is 2. The number of benzene rings is 1. The number of aromatic amines is 1. The van der Waals surface area contributed by atoms with Gasteiger partial charge in [-0.1, -0.05) is 17.7 Å². The van der Waals surface area contributed by atoms with Gasteiger partial charge in [-0.3, -0.25) is 4.79 Å². The van der Waals surface area contributed by atoms with Gasteiger partial charge in [-0.15, -0.1) is 0 Å². The molecule has 2 N–H and O–H groups in total. The fraction of sp³-hybridized carbons (Fsp3) is 0.154. The number of amides is 1. The van der Waals surface area contributed by atoms with E-state index in [9.17, 15) is 4.79 Å². The van der Waals surface area contributed by atoms with Crippen molar-refractivity contribution >= 4 is 23.2 Å². The van der Waals surface area contributed by atoms with Crippen LogP contribution in [0.5, 0.6) is 0 Å². The largest absolute Gasteiger partial charge is 0.365 e. The standard InChI is InChI=1S/C13H13ClN2O/c1-8-3-4-10(14)7-12(8)16-13(17)11-5-6-15-9(11)2/h3-7,15H,1-2H3,(H,16,17). The normalized spacial score (nSPS) is 10.3. The molecule has 1 aromatic carbocycles. The summed E-state index contributed by atoms with van der Waals surface area (Å²) < 4.78 is 0. The maximum absolute atomic E-state index is 12.0. The Morgan fingerprint density at radius 2 is 2.06 bits per heavy atom. The van der Waals surface area contributed by atoms with Crippen LogP contribution in [0.4, 0.5) is 5.69 Å². The van der Waals surface area contributed by atoms with Crippen LogP contribution in [0.3, 0.4) is 0 Å². The average molecular weight is 249 g/mol. The molecule has 0 radical (unpaired) electrons. The summed E-state index contributed by atoms with van der Waals surface area (Å²) in [5.41, 5.74) is 3.21. The van der Waals surface area contributed by atoms with E-state index in [1.54, 1.807) is 24.4 Å². The van der Waals surface area contributed by atoms with Crippen molar-refractivity contribution in [3.63, 3.8) is 0 Å². The summed E-state index contributed by atoms with van der Waals surface area (Å²) in [6, 6.07) is 7.18. The number of hydrogen-bond donors (Lipinski definition) is 2. The number of carbonyl (C=O) groups is 1. The van der Waals surface area contributed by atoms with Crippen molar-refractivity contribution in [3.8, 4) is 0 Å². The number of aryl methyl sites for hydroxylation is 2. The van der Waals surface area contributed by atoms with Gasteiger partial charge in [-0.2, -0.15) is 0 Å². The second-order valence-corrected chi connectivity index (χ2v) is 4.37. The Hall–Kier alpha value is -1.74. The van der Waals surface area contributed by atoms with Crippen molar-refractivity contribution in [2.75, 3.05) is 5.32 Å². The van der Waals surface area contributed by atoms with Crippen molar-refractivity contribution < 1.29 is 4.79 Å². The molecule has 0 unspecified atom stereocenters. The summed E-state index contributed by atoms with van der Waals surface area (Å²) in [5.74, 6) is -0.130. The zero-order valence-corrected chi connectivity index (χ0v) is 10.4. The Labute approximate surface area is 105 Å². The van der Waals surface area contributed by atoms with Crippen LogP contribution in [0.15, 0.2) is 30.5 Å². The molecule has 0 saturated carbocycles. The number of anilines is 1. The molecule has 0 aliphatic rings. The molecule has 2 aromatic rings. The number of carbonyl (C=O) groups excluding carboxylic acids is 1. The lowest BCUT2D eigenvalue weighted by molar-refractivity contribution is 0.102. The van der Waals surface area contributed by atoms with E-state index in [-0.39, 0.29) is 5.91 Å². The molecule has 0 saturated heterocycles. The molecule has 3 nitrogen and oxygen atoms in total. The maximum atomic E-state index is 12.0. The van der Waals surface area contributed by atoms with E-state index in [2.05, 4.69) is 10.3 Å². The van der Waals surface area contributed by atoms with Crippen LogP contribution in [-0.4, -0.2) is 10.9 Å². The minimum Gasteiger partial charge on any atom is -0.365 e. The molecule has 17 heavy (non-hydrogen) atoms. The smallest absolute Gasteiger partial charge is 0.257 e. The molecule has 1 aromatic heterocycles. The number of halogens is 1. The third-order valence-electron chi connectivity index (χ3n) is 2.65. The molecule has 88 valence electrons. The van der Waals surface area contributed by atoms with Gasteiger partial charge in [0.05, 0.1) is 5.56 Å². The monoisotopic (exact) mass is 248 g/mol. The molecule has 1 heterocycles. The SMILES string of the molecule is Cc1ccc(Cl)cc1NC(=O)c1cc[nH]c1C. The van der Waals surface area contributed by atoms with Gasteiger partial charge < -0.3 is 10.3 Å². The quantitative estimate of drug-likeness (QED) is 0.839. The van der Waals surface area contributed by atoms with Crippen LogP contribution < -0.4 is 5.32 Å². The molecule has 0 bridgehead atoms. The topological polar surface area (TPSA) is 44.9 Å². The third-order valence-corrected chi connectivity index (χ3v) is 2.88. The number of aromatic nitrogens is 1. The van der Waals surface area contributed by atoms with E-state index < -0.39 is 0 Å². The fourth-order valence-corrected chi connectivity index (χ4v) is 1.79. The van der Waals surface area contributed by atoms with Crippen LogP contribution >= 0.6 is 11.6 Å². The molecule has 0 atom stereocenters. The number of H-pyrrole nitrogens is 1. The highest BCUT2D eigenvalue weighted by Gasteiger charge is 2.11. The van der Waals surface area contributed by atoms with Crippen LogP contribution in [0.1, 0.15) is 21.6 Å². The lowest BCUT2D eigenvalue weighted by Gasteiger charge is -2.08. The van der Waals surface area contributed by atoms with Crippen molar-refractivity contribution in [1.82, 2.24) is 4.98 Å². The Morgan fingerprint density at radius 3 is 2.71 bits per heavy atom. The summed E-state index contributed by atoms with van der Waals surface area (Å²) in [6.45, 7) is 3.79. The molecule has 1 amide bonds. The predicted octanol–water partition coefficient (Wildman–Crippen LogP) is 3.54. The van der Waals surface area contributed by atoms with Crippen LogP contribution in [0, 0.1) is 13.8 Å². The van der Waals surface area contributed by atoms with Crippen LogP contribution in [-0.2, 0) is 0 Å². The molecular formula is C13H13ClN2O. The second kappa shape index (κ2) is 4.63. The van der Waals surface area contributed by atoms with Crippen molar-refractivity contribution in [2.24, 2.45) is 0 Å². The molecule has 0 aliphatic heterocycles. The molecule has 0 fully saturated rings. The van der Waals surface area contributed by atoms with Gasteiger partial charge in [0, 0.05) is 22.6 Å². The van der Waals surface area contributed by atoms with Gasteiger partial charge in [0.25, 0.3) is 5.91 Å². The van der Waals surface area contributed by atoms with Gasteiger partial charge in [0.2, 0.25) is 0 Å². The van der Waals surface area contributed by atoms with E-state index in [1.165, 1.54) is 0 Å². The highest BCUT2D eigenvalue weighted by Crippen LogP contribution is 2.21. The highest BCUT2D eigenvalue weighted by molar-refractivity contribution is 6.31. The van der Waals surface area contributed by atoms with Gasteiger partial charge in [-0.25, -0.2) is 0 Å². The first-order valence-electron chi connectivity index (χ1n) is 5.29. The summed E-state index contributed by atoms with van der Waals surface area (Å²) >= 11 is 5.90. The zero-order chi connectivity index (χ0) is 12.4. The average Bonchev–Trinajstić information content (AvgIpc) is 2.70. The minimum atomic E-state index is -0.130. The van der Waals surface area contributed by atoms with Crippen LogP contribution in [0.25, 0.3) is 0 Å². The van der Waals surface area contributed by atoms with E-state index in [0.717, 1.165) is 16.9 Å². The van der Waals surface area contributed by atoms with Gasteiger partial charge in [-0.05, 0) is 37.6 Å². The molecular weight excluding hydrogens is 236 g/mol. The number of hydrogen-bond acceptors (Lipinski definition) is 1. The first-order valence-corrected chi connectivity index (χ1v) is 5.67. The lowest BCUT2D eigenvalue weighted by atomic mass is 10.2. The van der Waals surface area contributed by atoms with Crippen molar-refractivity contribution in [3.05, 3.63) is 52.3 Å². The van der Waals surface area contributed by atoms with Gasteiger partial charge in [0.1, 0.15) is 0 Å². The molecule has 4 heteroatoms. The summed E-state index contributed by atoms with van der Waals surface area (Å²) in [4.78, 5) is 15.0. The van der Waals surface area contributed by atoms with Gasteiger partial charge in [0.15, 0.2) is 0 Å². The van der Waals surface area contributed by atoms with Crippen molar-refractivity contribution in [2.45, 2.75) is 13.8 Å². The summed E-state index contributed by atoms with van der Waals surface area (Å²) in [6.07, 6.45) is 1.75. The van der Waals surface area contributed by atoms with Crippen molar-refractivity contribution in [1.29, 1.82) is 0 Å². The Balaban J connectivity index is 2.24. The predicted molar refractivity (Wildman–Crippen MR) is 69.7 cm³/mol. The fourth-order valence-electron chi connectivity index (χ4n) is 1.62. The minimum absolute atomic E-state index is 0.130. The van der Waals surface area contributed by atoms with E-state index in [4.69, 9.17) is 11.6 Å². The van der Waals surface area contributed by atoms with Crippen LogP contribution in [0.2, 0.25) is 5.02 Å². The molecule has 0 spiro atoms. The Morgan fingerprint density at radius 1 is 1.29 bits per heavy atom. The third kappa shape index (κ3) is 2.50. The Kier molecular flexibility index (Phi) is 3.20. The van der Waals surface area contributed by atoms with E-state index in [0.29, 0.717) is 10.6 Å². The number of rotatable bonds is 2. The maximum Gasteiger partial charge on any atom is 0.257 e. The zero-order valence-electron chi connectivity index (χ0n) is 9.67. The van der Waals surface area contributed by atoms with E-state index >= 15 is 0 Å². The lowest BCUT2D eigenvalue weighted by Crippen LogP contribution is -2.13. The molecule has 2 rings (SSSR count). The summed E-state index contributed by atoms with van der Waals surface area (Å²) in [7, 11) is 0. The van der Waals surface area contributed by atoms with Gasteiger partial charge >= 0.3 is 0 Å². The molecule has 0 aliphatic carbocycles. The highest BCUT2D eigenvalue weighted by atomic mass is 35.5. The first-order chi connectivity index (χ1) is 8.08. The first kappa shape index (κ1) is 11.7. The second-order valence-electron chi connectivity index (χ2n) is 3.93. The van der Waals surface area contributed by atoms with E-state index in [1.807, 2.05) is 19.9 Å².